The normalized spacial score (nSPS) is 11.0. The second kappa shape index (κ2) is 5.62. The number of aromatic nitrogens is 1. The number of hydrogen-bond donors (Lipinski definition) is 2. The molecular weight excluding hydrogens is 320 g/mol. The molecule has 118 valence electrons. The smallest absolute Gasteiger partial charge is 0.259 e. The van der Waals surface area contributed by atoms with Crippen LogP contribution in [0.2, 0.25) is 0 Å². The lowest BCUT2D eigenvalue weighted by Gasteiger charge is -2.09. The first kappa shape index (κ1) is 14.7. The summed E-state index contributed by atoms with van der Waals surface area (Å²) in [5.41, 5.74) is 1.77. The van der Waals surface area contributed by atoms with E-state index in [-0.39, 0.29) is 17.2 Å². The van der Waals surface area contributed by atoms with Crippen LogP contribution in [0.25, 0.3) is 21.0 Å². The van der Waals surface area contributed by atoms with Crippen molar-refractivity contribution in [3.8, 4) is 5.75 Å². The number of rotatable bonds is 2. The molecule has 1 amide bonds. The number of amides is 1. The molecule has 0 saturated heterocycles. The molecule has 0 spiro atoms. The summed E-state index contributed by atoms with van der Waals surface area (Å²) in [5.74, 6) is -0.347. The number of carbonyl (C=O) groups excluding carboxylic acids is 1. The van der Waals surface area contributed by atoms with Crippen LogP contribution in [-0.4, -0.2) is 16.0 Å². The zero-order valence-corrected chi connectivity index (χ0v) is 13.7. The molecule has 4 nitrogen and oxygen atoms in total. The van der Waals surface area contributed by atoms with E-state index in [1.165, 1.54) is 0 Å². The van der Waals surface area contributed by atoms with Gasteiger partial charge in [-0.15, -0.1) is 11.3 Å². The Bertz CT molecular complexity index is 1090. The summed E-state index contributed by atoms with van der Waals surface area (Å²) in [7, 11) is 0. The molecule has 0 bridgehead atoms. The molecule has 0 fully saturated rings. The van der Waals surface area contributed by atoms with Crippen molar-refractivity contribution in [2.45, 2.75) is 6.92 Å². The molecule has 0 unspecified atom stereocenters. The van der Waals surface area contributed by atoms with E-state index in [2.05, 4.69) is 10.3 Å². The van der Waals surface area contributed by atoms with Crippen LogP contribution >= 0.6 is 11.3 Å². The van der Waals surface area contributed by atoms with Gasteiger partial charge in [0, 0.05) is 11.1 Å². The summed E-state index contributed by atoms with van der Waals surface area (Å²) < 4.78 is 1.08. The molecule has 0 aliphatic rings. The Balaban J connectivity index is 1.69. The van der Waals surface area contributed by atoms with Crippen molar-refractivity contribution in [3.05, 3.63) is 65.2 Å². The van der Waals surface area contributed by atoms with Gasteiger partial charge in [-0.1, -0.05) is 30.3 Å². The van der Waals surface area contributed by atoms with Crippen LogP contribution in [-0.2, 0) is 0 Å². The van der Waals surface area contributed by atoms with Gasteiger partial charge in [-0.3, -0.25) is 4.79 Å². The maximum Gasteiger partial charge on any atom is 0.259 e. The highest BCUT2D eigenvalue weighted by atomic mass is 32.1. The zero-order chi connectivity index (χ0) is 16.7. The van der Waals surface area contributed by atoms with Gasteiger partial charge in [0.1, 0.15) is 5.75 Å². The van der Waals surface area contributed by atoms with E-state index in [4.69, 9.17) is 0 Å². The number of benzene rings is 3. The summed E-state index contributed by atoms with van der Waals surface area (Å²) in [5, 5.41) is 15.8. The number of nitrogens with zero attached hydrogens (tertiary/aromatic N) is 1. The standard InChI is InChI=1S/C19H14N2O2S/c1-11-20-16-10-13(7-9-17(16)24-11)21-19(23)15-8-6-12-4-2-3-5-14(12)18(15)22/h2-10,22H,1H3,(H,21,23). The Morgan fingerprint density at radius 2 is 1.96 bits per heavy atom. The fourth-order valence-corrected chi connectivity index (χ4v) is 3.56. The Morgan fingerprint density at radius 1 is 1.12 bits per heavy atom. The van der Waals surface area contributed by atoms with Gasteiger partial charge in [0.15, 0.2) is 0 Å². The molecule has 0 aliphatic heterocycles. The van der Waals surface area contributed by atoms with Crippen molar-refractivity contribution in [3.63, 3.8) is 0 Å². The molecule has 4 aromatic rings. The van der Waals surface area contributed by atoms with Crippen molar-refractivity contribution in [1.82, 2.24) is 4.98 Å². The molecule has 0 saturated carbocycles. The van der Waals surface area contributed by atoms with Crippen molar-refractivity contribution < 1.29 is 9.90 Å². The van der Waals surface area contributed by atoms with Gasteiger partial charge in [-0.2, -0.15) is 0 Å². The molecule has 1 heterocycles. The number of phenols is 1. The number of hydrogen-bond acceptors (Lipinski definition) is 4. The molecular formula is C19H14N2O2S. The van der Waals surface area contributed by atoms with Crippen molar-refractivity contribution >= 4 is 43.9 Å². The minimum absolute atomic E-state index is 0.00354. The third kappa shape index (κ3) is 2.49. The molecule has 4 rings (SSSR count). The minimum Gasteiger partial charge on any atom is -0.506 e. The Hall–Kier alpha value is -2.92. The number of aromatic hydroxyl groups is 1. The maximum absolute atomic E-state index is 12.5. The number of carbonyl (C=O) groups is 1. The van der Waals surface area contributed by atoms with Gasteiger partial charge in [0.25, 0.3) is 5.91 Å². The summed E-state index contributed by atoms with van der Waals surface area (Å²) in [6.45, 7) is 1.95. The lowest BCUT2D eigenvalue weighted by molar-refractivity contribution is 0.102. The van der Waals surface area contributed by atoms with E-state index in [0.717, 1.165) is 20.6 Å². The number of aryl methyl sites for hydroxylation is 1. The van der Waals surface area contributed by atoms with Crippen molar-refractivity contribution in [1.29, 1.82) is 0 Å². The van der Waals surface area contributed by atoms with E-state index in [9.17, 15) is 9.90 Å². The van der Waals surface area contributed by atoms with Crippen LogP contribution in [0.1, 0.15) is 15.4 Å². The van der Waals surface area contributed by atoms with Crippen LogP contribution in [0.15, 0.2) is 54.6 Å². The minimum atomic E-state index is -0.343. The number of fused-ring (bicyclic) bond motifs is 2. The fourth-order valence-electron chi connectivity index (χ4n) is 2.76. The summed E-state index contributed by atoms with van der Waals surface area (Å²) in [6.07, 6.45) is 0. The lowest BCUT2D eigenvalue weighted by atomic mass is 10.0. The van der Waals surface area contributed by atoms with E-state index in [0.29, 0.717) is 11.1 Å². The van der Waals surface area contributed by atoms with E-state index < -0.39 is 0 Å². The third-order valence-corrected chi connectivity index (χ3v) is 4.85. The maximum atomic E-state index is 12.5. The molecule has 0 atom stereocenters. The first-order valence-corrected chi connectivity index (χ1v) is 8.33. The largest absolute Gasteiger partial charge is 0.506 e. The molecule has 0 radical (unpaired) electrons. The Kier molecular flexibility index (Phi) is 3.43. The van der Waals surface area contributed by atoms with E-state index >= 15 is 0 Å². The summed E-state index contributed by atoms with van der Waals surface area (Å²) in [6, 6.07) is 16.5. The predicted molar refractivity (Wildman–Crippen MR) is 97.9 cm³/mol. The monoisotopic (exact) mass is 334 g/mol. The van der Waals surface area contributed by atoms with Crippen molar-refractivity contribution in [2.75, 3.05) is 5.32 Å². The first-order valence-electron chi connectivity index (χ1n) is 7.51. The lowest BCUT2D eigenvalue weighted by Crippen LogP contribution is -2.12. The highest BCUT2D eigenvalue weighted by Gasteiger charge is 2.14. The quantitative estimate of drug-likeness (QED) is 0.558. The SMILES string of the molecule is Cc1nc2cc(NC(=O)c3ccc4ccccc4c3O)ccc2s1. The molecule has 5 heteroatoms. The number of phenolic OH excluding ortho intramolecular Hbond substituents is 1. The van der Waals surface area contributed by atoms with Gasteiger partial charge in [-0.25, -0.2) is 4.98 Å². The van der Waals surface area contributed by atoms with Crippen LogP contribution in [0.4, 0.5) is 5.69 Å². The van der Waals surface area contributed by atoms with Gasteiger partial charge in [0.2, 0.25) is 0 Å². The van der Waals surface area contributed by atoms with Crippen LogP contribution in [0.3, 0.4) is 0 Å². The van der Waals surface area contributed by atoms with Gasteiger partial charge in [-0.05, 0) is 36.6 Å². The third-order valence-electron chi connectivity index (χ3n) is 3.90. The Morgan fingerprint density at radius 3 is 2.83 bits per heavy atom. The average Bonchev–Trinajstić information content (AvgIpc) is 2.94. The van der Waals surface area contributed by atoms with E-state index in [1.54, 1.807) is 23.5 Å². The van der Waals surface area contributed by atoms with Crippen LogP contribution < -0.4 is 5.32 Å². The van der Waals surface area contributed by atoms with Gasteiger partial charge >= 0.3 is 0 Å². The number of thiazole rings is 1. The highest BCUT2D eigenvalue weighted by molar-refractivity contribution is 7.18. The van der Waals surface area contributed by atoms with Crippen LogP contribution in [0, 0.1) is 6.92 Å². The topological polar surface area (TPSA) is 62.2 Å². The summed E-state index contributed by atoms with van der Waals surface area (Å²) in [4.78, 5) is 17.0. The zero-order valence-electron chi connectivity index (χ0n) is 12.9. The summed E-state index contributed by atoms with van der Waals surface area (Å²) >= 11 is 1.62. The molecule has 2 N–H and O–H groups in total. The molecule has 24 heavy (non-hydrogen) atoms. The molecule has 0 aliphatic carbocycles. The fraction of sp³-hybridized carbons (Fsp3) is 0.0526. The van der Waals surface area contributed by atoms with Gasteiger partial charge < -0.3 is 10.4 Å². The predicted octanol–water partition coefficient (Wildman–Crippen LogP) is 4.72. The number of nitrogens with one attached hydrogen (secondary N) is 1. The number of anilines is 1. The molecule has 3 aromatic carbocycles. The highest BCUT2D eigenvalue weighted by Crippen LogP contribution is 2.30. The molecule has 1 aromatic heterocycles. The van der Waals surface area contributed by atoms with Crippen LogP contribution in [0.5, 0.6) is 5.75 Å². The average molecular weight is 334 g/mol. The van der Waals surface area contributed by atoms with Crippen molar-refractivity contribution in [2.24, 2.45) is 0 Å². The van der Waals surface area contributed by atoms with E-state index in [1.807, 2.05) is 49.4 Å². The van der Waals surface area contributed by atoms with Gasteiger partial charge in [0.05, 0.1) is 20.8 Å². The first-order chi connectivity index (χ1) is 11.6. The second-order valence-corrected chi connectivity index (χ2v) is 6.79. The second-order valence-electron chi connectivity index (χ2n) is 5.55. The Labute approximate surface area is 142 Å².